The Hall–Kier alpha value is -1.47. The van der Waals surface area contributed by atoms with Gasteiger partial charge in [-0.25, -0.2) is 4.39 Å². The predicted molar refractivity (Wildman–Crippen MR) is 74.1 cm³/mol. The van der Waals surface area contributed by atoms with Crippen molar-refractivity contribution in [1.82, 2.24) is 5.32 Å². The van der Waals surface area contributed by atoms with E-state index in [0.717, 1.165) is 0 Å². The monoisotopic (exact) mass is 287 g/mol. The molecule has 0 fully saturated rings. The Kier molecular flexibility index (Phi) is 5.91. The van der Waals surface area contributed by atoms with Crippen molar-refractivity contribution < 1.29 is 13.8 Å². The van der Waals surface area contributed by atoms with E-state index < -0.39 is 16.6 Å². The van der Waals surface area contributed by atoms with Crippen LogP contribution in [0.2, 0.25) is 0 Å². The van der Waals surface area contributed by atoms with Crippen molar-refractivity contribution in [3.8, 4) is 0 Å². The molecule has 0 heterocycles. The Balaban J connectivity index is 2.81. The molecule has 0 spiro atoms. The molecule has 0 aliphatic rings. The topological polar surface area (TPSA) is 87.7 Å². The second kappa shape index (κ2) is 7.20. The first kappa shape index (κ1) is 15.6. The zero-order chi connectivity index (χ0) is 14.4. The van der Waals surface area contributed by atoms with E-state index in [1.165, 1.54) is 12.1 Å². The third kappa shape index (κ3) is 4.96. The zero-order valence-electron chi connectivity index (χ0n) is 10.9. The molecule has 0 aliphatic carbocycles. The quantitative estimate of drug-likeness (QED) is 0.312. The standard InChI is InChI=1S/C12H18FN3O2S/c1-8(7-19(2)18)15-6-9-3-4-10(13)5-11(9)12(14)16-17/h3-5,8,15,17H,6-7H2,1-2H3,(H2,14,16). The van der Waals surface area contributed by atoms with Crippen LogP contribution < -0.4 is 11.1 Å². The summed E-state index contributed by atoms with van der Waals surface area (Å²) in [5, 5.41) is 14.7. The van der Waals surface area contributed by atoms with E-state index in [2.05, 4.69) is 10.5 Å². The first-order valence-corrected chi connectivity index (χ1v) is 7.46. The summed E-state index contributed by atoms with van der Waals surface area (Å²) >= 11 is 0. The molecule has 0 saturated carbocycles. The highest BCUT2D eigenvalue weighted by Gasteiger charge is 2.10. The molecular weight excluding hydrogens is 269 g/mol. The maximum absolute atomic E-state index is 13.2. The van der Waals surface area contributed by atoms with Crippen LogP contribution in [0.25, 0.3) is 0 Å². The Bertz CT molecular complexity index is 494. The molecule has 5 nitrogen and oxygen atoms in total. The highest BCUT2D eigenvalue weighted by Crippen LogP contribution is 2.11. The second-order valence-corrected chi connectivity index (χ2v) is 5.79. The highest BCUT2D eigenvalue weighted by atomic mass is 32.2. The van der Waals surface area contributed by atoms with Gasteiger partial charge in [-0.2, -0.15) is 0 Å². The molecule has 106 valence electrons. The minimum absolute atomic E-state index is 0.0519. The van der Waals surface area contributed by atoms with E-state index in [1.807, 2.05) is 6.92 Å². The third-order valence-corrected chi connectivity index (χ3v) is 3.55. The number of rotatable bonds is 6. The Morgan fingerprint density at radius 2 is 2.32 bits per heavy atom. The van der Waals surface area contributed by atoms with Crippen molar-refractivity contribution in [1.29, 1.82) is 0 Å². The van der Waals surface area contributed by atoms with Gasteiger partial charge in [-0.3, -0.25) is 4.21 Å². The molecule has 1 aromatic carbocycles. The van der Waals surface area contributed by atoms with Crippen LogP contribution in [0.15, 0.2) is 23.4 Å². The average Bonchev–Trinajstić information content (AvgIpc) is 2.35. The SMILES string of the molecule is CC(CS(C)=O)NCc1ccc(F)cc1/C(N)=N/O. The number of amidine groups is 1. The maximum Gasteiger partial charge on any atom is 0.170 e. The lowest BCUT2D eigenvalue weighted by molar-refractivity contribution is 0.318. The summed E-state index contributed by atoms with van der Waals surface area (Å²) in [6, 6.07) is 4.16. The zero-order valence-corrected chi connectivity index (χ0v) is 11.7. The van der Waals surface area contributed by atoms with E-state index in [-0.39, 0.29) is 11.9 Å². The van der Waals surface area contributed by atoms with Crippen LogP contribution in [0.3, 0.4) is 0 Å². The second-order valence-electron chi connectivity index (χ2n) is 4.31. The Morgan fingerprint density at radius 3 is 2.89 bits per heavy atom. The summed E-state index contributed by atoms with van der Waals surface area (Å²) in [7, 11) is -0.884. The minimum Gasteiger partial charge on any atom is -0.409 e. The van der Waals surface area contributed by atoms with Gasteiger partial charge in [0.05, 0.1) is 0 Å². The van der Waals surface area contributed by atoms with Gasteiger partial charge in [-0.15, -0.1) is 0 Å². The van der Waals surface area contributed by atoms with Gasteiger partial charge in [0.2, 0.25) is 0 Å². The lowest BCUT2D eigenvalue weighted by atomic mass is 10.1. The third-order valence-electron chi connectivity index (χ3n) is 2.58. The van der Waals surface area contributed by atoms with Crippen LogP contribution in [-0.4, -0.2) is 33.3 Å². The Labute approximate surface area is 114 Å². The summed E-state index contributed by atoms with van der Waals surface area (Å²) < 4.78 is 24.2. The molecule has 0 saturated heterocycles. The largest absolute Gasteiger partial charge is 0.409 e. The number of nitrogens with one attached hydrogen (secondary N) is 1. The lowest BCUT2D eigenvalue weighted by Crippen LogP contribution is -2.31. The average molecular weight is 287 g/mol. The Morgan fingerprint density at radius 1 is 1.63 bits per heavy atom. The molecule has 1 rings (SSSR count). The van der Waals surface area contributed by atoms with Crippen molar-refractivity contribution in [2.45, 2.75) is 19.5 Å². The summed E-state index contributed by atoms with van der Waals surface area (Å²) in [5.41, 5.74) is 6.57. The lowest BCUT2D eigenvalue weighted by Gasteiger charge is -2.14. The molecule has 19 heavy (non-hydrogen) atoms. The van der Waals surface area contributed by atoms with Crippen molar-refractivity contribution >= 4 is 16.6 Å². The van der Waals surface area contributed by atoms with E-state index in [0.29, 0.717) is 23.4 Å². The normalized spacial score (nSPS) is 15.2. The van der Waals surface area contributed by atoms with Gasteiger partial charge in [0.15, 0.2) is 5.84 Å². The van der Waals surface area contributed by atoms with Crippen molar-refractivity contribution in [2.24, 2.45) is 10.9 Å². The first-order chi connectivity index (χ1) is 8.93. The van der Waals surface area contributed by atoms with Crippen LogP contribution in [0.5, 0.6) is 0 Å². The molecule has 2 unspecified atom stereocenters. The van der Waals surface area contributed by atoms with Crippen LogP contribution in [0, 0.1) is 5.82 Å². The molecule has 0 aromatic heterocycles. The van der Waals surface area contributed by atoms with Gasteiger partial charge >= 0.3 is 0 Å². The number of hydrogen-bond donors (Lipinski definition) is 3. The molecule has 1 aromatic rings. The molecule has 0 bridgehead atoms. The summed E-state index contributed by atoms with van der Waals surface area (Å²) in [5.74, 6) is -0.0591. The van der Waals surface area contributed by atoms with Gasteiger partial charge in [0.1, 0.15) is 5.82 Å². The molecule has 4 N–H and O–H groups in total. The number of halogens is 1. The van der Waals surface area contributed by atoms with Crippen molar-refractivity contribution in [2.75, 3.05) is 12.0 Å². The van der Waals surface area contributed by atoms with E-state index in [4.69, 9.17) is 10.9 Å². The number of oxime groups is 1. The van der Waals surface area contributed by atoms with E-state index in [1.54, 1.807) is 12.3 Å². The molecule has 0 aliphatic heterocycles. The number of nitrogens with zero attached hydrogens (tertiary/aromatic N) is 1. The molecule has 0 amide bonds. The summed E-state index contributed by atoms with van der Waals surface area (Å²) in [6.45, 7) is 2.33. The van der Waals surface area contributed by atoms with Gasteiger partial charge in [-0.05, 0) is 24.6 Å². The van der Waals surface area contributed by atoms with Crippen LogP contribution in [0.4, 0.5) is 4.39 Å². The smallest absolute Gasteiger partial charge is 0.170 e. The van der Waals surface area contributed by atoms with Crippen molar-refractivity contribution in [3.05, 3.63) is 35.1 Å². The molecule has 0 radical (unpaired) electrons. The highest BCUT2D eigenvalue weighted by molar-refractivity contribution is 7.84. The molecule has 2 atom stereocenters. The fourth-order valence-electron chi connectivity index (χ4n) is 1.69. The predicted octanol–water partition coefficient (Wildman–Crippen LogP) is 0.777. The number of benzene rings is 1. The van der Waals surface area contributed by atoms with E-state index >= 15 is 0 Å². The molecule has 7 heteroatoms. The first-order valence-electron chi connectivity index (χ1n) is 5.73. The molecular formula is C12H18FN3O2S. The van der Waals surface area contributed by atoms with E-state index in [9.17, 15) is 8.60 Å². The number of hydrogen-bond acceptors (Lipinski definition) is 4. The van der Waals surface area contributed by atoms with Gasteiger partial charge in [0.25, 0.3) is 0 Å². The maximum atomic E-state index is 13.2. The summed E-state index contributed by atoms with van der Waals surface area (Å²) in [4.78, 5) is 0. The number of nitrogens with two attached hydrogens (primary N) is 1. The van der Waals surface area contributed by atoms with Crippen LogP contribution in [-0.2, 0) is 17.3 Å². The van der Waals surface area contributed by atoms with Crippen LogP contribution in [0.1, 0.15) is 18.1 Å². The van der Waals surface area contributed by atoms with Gasteiger partial charge < -0.3 is 16.3 Å². The fourth-order valence-corrected chi connectivity index (χ4v) is 2.51. The minimum atomic E-state index is -0.884. The summed E-state index contributed by atoms with van der Waals surface area (Å²) in [6.07, 6.45) is 1.64. The van der Waals surface area contributed by atoms with Gasteiger partial charge in [0, 0.05) is 41.0 Å². The van der Waals surface area contributed by atoms with Crippen molar-refractivity contribution in [3.63, 3.8) is 0 Å². The van der Waals surface area contributed by atoms with Crippen LogP contribution >= 0.6 is 0 Å². The fraction of sp³-hybridized carbons (Fsp3) is 0.417. The van der Waals surface area contributed by atoms with Gasteiger partial charge in [-0.1, -0.05) is 11.2 Å².